The van der Waals surface area contributed by atoms with Gasteiger partial charge in [-0.3, -0.25) is 4.79 Å². The van der Waals surface area contributed by atoms with Crippen molar-refractivity contribution in [1.29, 1.82) is 0 Å². The zero-order valence-electron chi connectivity index (χ0n) is 6.00. The van der Waals surface area contributed by atoms with Crippen molar-refractivity contribution in [1.82, 2.24) is 0 Å². The van der Waals surface area contributed by atoms with Gasteiger partial charge in [-0.25, -0.2) is 0 Å². The molecule has 0 aliphatic rings. The molecule has 0 amide bonds. The molecule has 2 N–H and O–H groups in total. The van der Waals surface area contributed by atoms with Crippen LogP contribution < -0.4 is 0 Å². The average molecular weight is 144 g/mol. The largest absolute Gasteiger partial charge is 0.481 e. The summed E-state index contributed by atoms with van der Waals surface area (Å²) in [6.07, 6.45) is 0.255. The Kier molecular flexibility index (Phi) is 3.72. The molecule has 1 unspecified atom stereocenters. The lowest BCUT2D eigenvalue weighted by Crippen LogP contribution is -2.15. The Balaban J connectivity index is 3.98. The smallest absolute Gasteiger partial charge is 0.310 e. The van der Waals surface area contributed by atoms with E-state index in [9.17, 15) is 4.79 Å². The van der Waals surface area contributed by atoms with Gasteiger partial charge in [0.25, 0.3) is 0 Å². The van der Waals surface area contributed by atoms with Gasteiger partial charge in [0.15, 0.2) is 0 Å². The SMILES string of the molecule is C=C(C)C(CCO)C(=O)O. The number of aliphatic hydroxyl groups excluding tert-OH is 1. The zero-order valence-corrected chi connectivity index (χ0v) is 6.00. The number of hydrogen-bond acceptors (Lipinski definition) is 2. The highest BCUT2D eigenvalue weighted by molar-refractivity contribution is 5.73. The van der Waals surface area contributed by atoms with Crippen molar-refractivity contribution in [3.63, 3.8) is 0 Å². The Morgan fingerprint density at radius 1 is 1.70 bits per heavy atom. The number of aliphatic carboxylic acids is 1. The Hall–Kier alpha value is -0.830. The van der Waals surface area contributed by atoms with E-state index in [0.717, 1.165) is 0 Å². The maximum atomic E-state index is 10.4. The minimum absolute atomic E-state index is 0.107. The number of hydrogen-bond donors (Lipinski definition) is 2. The molecule has 0 saturated heterocycles. The highest BCUT2D eigenvalue weighted by Crippen LogP contribution is 2.11. The molecule has 0 heterocycles. The number of carboxylic acids is 1. The lowest BCUT2D eigenvalue weighted by atomic mass is 9.99. The van der Waals surface area contributed by atoms with Crippen molar-refractivity contribution >= 4 is 5.97 Å². The molecule has 0 aromatic rings. The molecule has 58 valence electrons. The summed E-state index contributed by atoms with van der Waals surface area (Å²) in [4.78, 5) is 10.4. The molecular weight excluding hydrogens is 132 g/mol. The molecular formula is C7H12O3. The van der Waals surface area contributed by atoms with Gasteiger partial charge in [0.2, 0.25) is 0 Å². The minimum atomic E-state index is -0.915. The molecule has 0 saturated carbocycles. The molecule has 3 nitrogen and oxygen atoms in total. The van der Waals surface area contributed by atoms with Gasteiger partial charge in [0.05, 0.1) is 5.92 Å². The summed E-state index contributed by atoms with van der Waals surface area (Å²) in [5, 5.41) is 16.9. The van der Waals surface area contributed by atoms with Gasteiger partial charge in [0, 0.05) is 6.61 Å². The van der Waals surface area contributed by atoms with Gasteiger partial charge in [-0.05, 0) is 13.3 Å². The van der Waals surface area contributed by atoms with E-state index in [1.54, 1.807) is 6.92 Å². The molecule has 0 bridgehead atoms. The number of carboxylic acid groups (broad SMARTS) is 1. The lowest BCUT2D eigenvalue weighted by Gasteiger charge is -2.08. The summed E-state index contributed by atoms with van der Waals surface area (Å²) in [6, 6.07) is 0. The van der Waals surface area contributed by atoms with E-state index in [1.165, 1.54) is 0 Å². The van der Waals surface area contributed by atoms with Crippen molar-refractivity contribution in [3.05, 3.63) is 12.2 Å². The van der Waals surface area contributed by atoms with Crippen molar-refractivity contribution in [3.8, 4) is 0 Å². The topological polar surface area (TPSA) is 57.5 Å². The molecule has 0 aliphatic carbocycles. The second-order valence-corrected chi connectivity index (χ2v) is 2.25. The van der Waals surface area contributed by atoms with Gasteiger partial charge in [-0.2, -0.15) is 0 Å². The second kappa shape index (κ2) is 4.06. The van der Waals surface area contributed by atoms with Crippen LogP contribution in [0.5, 0.6) is 0 Å². The van der Waals surface area contributed by atoms with E-state index in [2.05, 4.69) is 6.58 Å². The first-order chi connectivity index (χ1) is 4.59. The number of rotatable bonds is 4. The third-order valence-electron chi connectivity index (χ3n) is 1.31. The standard InChI is InChI=1S/C7H12O3/c1-5(2)6(3-4-8)7(9)10/h6,8H,1,3-4H2,2H3,(H,9,10). The third-order valence-corrected chi connectivity index (χ3v) is 1.31. The summed E-state index contributed by atoms with van der Waals surface area (Å²) in [6.45, 7) is 5.04. The lowest BCUT2D eigenvalue weighted by molar-refractivity contribution is -0.140. The summed E-state index contributed by atoms with van der Waals surface area (Å²) < 4.78 is 0. The third kappa shape index (κ3) is 2.64. The van der Waals surface area contributed by atoms with Gasteiger partial charge < -0.3 is 10.2 Å². The van der Waals surface area contributed by atoms with E-state index in [-0.39, 0.29) is 13.0 Å². The molecule has 0 spiro atoms. The Labute approximate surface area is 60.0 Å². The second-order valence-electron chi connectivity index (χ2n) is 2.25. The van der Waals surface area contributed by atoms with Crippen molar-refractivity contribution in [2.24, 2.45) is 5.92 Å². The molecule has 10 heavy (non-hydrogen) atoms. The summed E-state index contributed by atoms with van der Waals surface area (Å²) in [7, 11) is 0. The first-order valence-corrected chi connectivity index (χ1v) is 3.08. The maximum Gasteiger partial charge on any atom is 0.310 e. The Morgan fingerprint density at radius 2 is 2.20 bits per heavy atom. The fraction of sp³-hybridized carbons (Fsp3) is 0.571. The molecule has 3 heteroatoms. The van der Waals surface area contributed by atoms with E-state index >= 15 is 0 Å². The van der Waals surface area contributed by atoms with Crippen LogP contribution in [0.3, 0.4) is 0 Å². The van der Waals surface area contributed by atoms with Crippen LogP contribution in [0.25, 0.3) is 0 Å². The molecule has 0 fully saturated rings. The van der Waals surface area contributed by atoms with Gasteiger partial charge in [-0.15, -0.1) is 0 Å². The van der Waals surface area contributed by atoms with E-state index < -0.39 is 11.9 Å². The predicted molar refractivity (Wildman–Crippen MR) is 37.6 cm³/mol. The van der Waals surface area contributed by atoms with Crippen LogP contribution in [-0.2, 0) is 4.79 Å². The quantitative estimate of drug-likeness (QED) is 0.569. The maximum absolute atomic E-state index is 10.4. The van der Waals surface area contributed by atoms with Crippen LogP contribution >= 0.6 is 0 Å². The van der Waals surface area contributed by atoms with Crippen molar-refractivity contribution in [2.75, 3.05) is 6.61 Å². The fourth-order valence-corrected chi connectivity index (χ4v) is 0.710. The van der Waals surface area contributed by atoms with Crippen molar-refractivity contribution < 1.29 is 15.0 Å². The van der Waals surface area contributed by atoms with Gasteiger partial charge in [-0.1, -0.05) is 12.2 Å². The highest BCUT2D eigenvalue weighted by Gasteiger charge is 2.16. The van der Waals surface area contributed by atoms with Crippen LogP contribution in [0.2, 0.25) is 0 Å². The van der Waals surface area contributed by atoms with E-state index in [4.69, 9.17) is 10.2 Å². The van der Waals surface area contributed by atoms with Crippen LogP contribution in [0, 0.1) is 5.92 Å². The monoisotopic (exact) mass is 144 g/mol. The normalized spacial score (nSPS) is 12.6. The van der Waals surface area contributed by atoms with E-state index in [0.29, 0.717) is 5.57 Å². The summed E-state index contributed by atoms with van der Waals surface area (Å²) >= 11 is 0. The summed E-state index contributed by atoms with van der Waals surface area (Å²) in [5.74, 6) is -1.51. The molecule has 0 aromatic heterocycles. The highest BCUT2D eigenvalue weighted by atomic mass is 16.4. The predicted octanol–water partition coefficient (Wildman–Crippen LogP) is 0.646. The average Bonchev–Trinajstić information content (AvgIpc) is 1.81. The zero-order chi connectivity index (χ0) is 8.15. The number of aliphatic hydroxyl groups is 1. The molecule has 0 aliphatic heterocycles. The minimum Gasteiger partial charge on any atom is -0.481 e. The molecule has 0 aromatic carbocycles. The summed E-state index contributed by atoms with van der Waals surface area (Å²) in [5.41, 5.74) is 0.585. The van der Waals surface area contributed by atoms with Crippen LogP contribution in [-0.4, -0.2) is 22.8 Å². The number of carbonyl (C=O) groups is 1. The fourth-order valence-electron chi connectivity index (χ4n) is 0.710. The van der Waals surface area contributed by atoms with Crippen LogP contribution in [0.1, 0.15) is 13.3 Å². The van der Waals surface area contributed by atoms with Crippen LogP contribution in [0.4, 0.5) is 0 Å². The van der Waals surface area contributed by atoms with Crippen LogP contribution in [0.15, 0.2) is 12.2 Å². The van der Waals surface area contributed by atoms with Gasteiger partial charge in [0.1, 0.15) is 0 Å². The van der Waals surface area contributed by atoms with Crippen molar-refractivity contribution in [2.45, 2.75) is 13.3 Å². The Morgan fingerprint density at radius 3 is 2.30 bits per heavy atom. The van der Waals surface area contributed by atoms with Gasteiger partial charge >= 0.3 is 5.97 Å². The molecule has 1 atom stereocenters. The molecule has 0 radical (unpaired) electrons. The Bertz CT molecular complexity index is 126. The first-order valence-electron chi connectivity index (χ1n) is 3.08. The molecule has 0 rings (SSSR count). The van der Waals surface area contributed by atoms with E-state index in [1.807, 2.05) is 0 Å². The first kappa shape index (κ1) is 9.17.